The molecular weight excluding hydrogens is 518 g/mol. The lowest BCUT2D eigenvalue weighted by molar-refractivity contribution is -0.193. The highest BCUT2D eigenvalue weighted by atomic mass is 19.4. The summed E-state index contributed by atoms with van der Waals surface area (Å²) in [6.45, 7) is 6.35. The van der Waals surface area contributed by atoms with Crippen molar-refractivity contribution in [2.45, 2.75) is 31.9 Å². The molecule has 0 saturated carbocycles. The molecule has 0 aromatic carbocycles. The molecule has 2 aromatic rings. The third-order valence-corrected chi connectivity index (χ3v) is 5.31. The van der Waals surface area contributed by atoms with Crippen LogP contribution in [0.25, 0.3) is 0 Å². The Morgan fingerprint density at radius 3 is 2.19 bits per heavy atom. The predicted octanol–water partition coefficient (Wildman–Crippen LogP) is 3.78. The molecule has 0 bridgehead atoms. The number of aliphatic carboxylic acids is 2. The van der Waals surface area contributed by atoms with Crippen LogP contribution in [0.2, 0.25) is 0 Å². The molecule has 9 nitrogen and oxygen atoms in total. The number of aryl methyl sites for hydroxylation is 1. The number of furan rings is 1. The number of pyridine rings is 1. The molecule has 0 aliphatic carbocycles. The van der Waals surface area contributed by atoms with Gasteiger partial charge in [-0.1, -0.05) is 0 Å². The summed E-state index contributed by atoms with van der Waals surface area (Å²) in [5.74, 6) is -2.67. The standard InChI is InChI=1S/C18H22N2O3.2C2HF3O2/c1-13-4-5-15(7-19-13)22-11-14-12-23-18-10-20(9-17(14)18)8-16-3-2-6-21-16;2*3-2(4,5)1(6)7/h2-7,14,17-18H,8-12H2,1H3;2*(H,6,7)/t14-,17+,18+;;/m0../s1. The molecule has 2 saturated heterocycles. The second kappa shape index (κ2) is 12.8. The number of carboxylic acid groups (broad SMARTS) is 2. The van der Waals surface area contributed by atoms with E-state index in [0.717, 1.165) is 43.4 Å². The summed E-state index contributed by atoms with van der Waals surface area (Å²) < 4.78 is 80.8. The van der Waals surface area contributed by atoms with E-state index in [9.17, 15) is 26.3 Å². The summed E-state index contributed by atoms with van der Waals surface area (Å²) in [5, 5.41) is 14.2. The smallest absolute Gasteiger partial charge is 0.490 e. The third kappa shape index (κ3) is 9.92. The number of alkyl halides is 6. The van der Waals surface area contributed by atoms with Crippen molar-refractivity contribution in [3.05, 3.63) is 48.2 Å². The molecule has 0 radical (unpaired) electrons. The van der Waals surface area contributed by atoms with Crippen LogP contribution in [0.4, 0.5) is 26.3 Å². The maximum atomic E-state index is 10.6. The van der Waals surface area contributed by atoms with Gasteiger partial charge in [0, 0.05) is 30.6 Å². The summed E-state index contributed by atoms with van der Waals surface area (Å²) in [5.41, 5.74) is 1.01. The van der Waals surface area contributed by atoms with E-state index in [0.29, 0.717) is 24.5 Å². The van der Waals surface area contributed by atoms with Crippen LogP contribution in [0.15, 0.2) is 41.1 Å². The molecule has 0 amide bonds. The van der Waals surface area contributed by atoms with Crippen LogP contribution in [0, 0.1) is 18.8 Å². The molecule has 2 fully saturated rings. The maximum Gasteiger partial charge on any atom is 0.490 e. The Hall–Kier alpha value is -3.33. The summed E-state index contributed by atoms with van der Waals surface area (Å²) >= 11 is 0. The molecule has 2 N–H and O–H groups in total. The topological polar surface area (TPSA) is 122 Å². The molecule has 4 heterocycles. The van der Waals surface area contributed by atoms with E-state index >= 15 is 0 Å². The van der Waals surface area contributed by atoms with Gasteiger partial charge in [0.05, 0.1) is 38.3 Å². The number of carbonyl (C=O) groups is 2. The number of rotatable bonds is 5. The van der Waals surface area contributed by atoms with E-state index < -0.39 is 24.3 Å². The largest absolute Gasteiger partial charge is 0.492 e. The van der Waals surface area contributed by atoms with Crippen molar-refractivity contribution in [1.82, 2.24) is 9.88 Å². The predicted molar refractivity (Wildman–Crippen MR) is 113 cm³/mol. The fraction of sp³-hybridized carbons (Fsp3) is 0.500. The fourth-order valence-corrected chi connectivity index (χ4v) is 3.55. The number of ether oxygens (including phenoxy) is 2. The third-order valence-electron chi connectivity index (χ3n) is 5.31. The van der Waals surface area contributed by atoms with Gasteiger partial charge in [0.1, 0.15) is 11.5 Å². The lowest BCUT2D eigenvalue weighted by atomic mass is 9.94. The van der Waals surface area contributed by atoms with Crippen molar-refractivity contribution in [3.8, 4) is 5.75 Å². The van der Waals surface area contributed by atoms with E-state index in [1.165, 1.54) is 0 Å². The van der Waals surface area contributed by atoms with Crippen molar-refractivity contribution < 1.29 is 60.0 Å². The van der Waals surface area contributed by atoms with E-state index in [-0.39, 0.29) is 0 Å². The first-order chi connectivity index (χ1) is 17.2. The summed E-state index contributed by atoms with van der Waals surface area (Å²) in [6, 6.07) is 7.92. The van der Waals surface area contributed by atoms with Gasteiger partial charge in [0.25, 0.3) is 0 Å². The summed E-state index contributed by atoms with van der Waals surface area (Å²) in [6.07, 6.45) is -6.31. The van der Waals surface area contributed by atoms with Gasteiger partial charge in [-0.15, -0.1) is 0 Å². The quantitative estimate of drug-likeness (QED) is 0.544. The SMILES string of the molecule is Cc1ccc(OC[C@H]2CO[C@@H]3CN(Cc4ccco4)C[C@H]23)cn1.O=C(O)C(F)(F)F.O=C(O)C(F)(F)F. The number of hydrogen-bond donors (Lipinski definition) is 2. The van der Waals surface area contributed by atoms with Crippen LogP contribution in [-0.4, -0.2) is 76.8 Å². The molecule has 4 rings (SSSR count). The Kier molecular flexibility index (Phi) is 10.3. The second-order valence-corrected chi connectivity index (χ2v) is 8.12. The Morgan fingerprint density at radius 1 is 1.08 bits per heavy atom. The maximum absolute atomic E-state index is 10.6. The Balaban J connectivity index is 0.000000286. The van der Waals surface area contributed by atoms with Gasteiger partial charge in [0.15, 0.2) is 0 Å². The molecule has 206 valence electrons. The average molecular weight is 542 g/mol. The highest BCUT2D eigenvalue weighted by Gasteiger charge is 2.44. The lowest BCUT2D eigenvalue weighted by Crippen LogP contribution is -2.26. The molecular formula is C22H24F6N2O7. The van der Waals surface area contributed by atoms with E-state index in [4.69, 9.17) is 33.7 Å². The van der Waals surface area contributed by atoms with Crippen LogP contribution in [0.3, 0.4) is 0 Å². The highest BCUT2D eigenvalue weighted by molar-refractivity contribution is 5.73. The number of aromatic nitrogens is 1. The lowest BCUT2D eigenvalue weighted by Gasteiger charge is -2.19. The van der Waals surface area contributed by atoms with Gasteiger partial charge in [-0.05, 0) is 31.2 Å². The molecule has 0 spiro atoms. The van der Waals surface area contributed by atoms with Crippen LogP contribution in [0.1, 0.15) is 11.5 Å². The molecule has 2 aromatic heterocycles. The Morgan fingerprint density at radius 2 is 1.70 bits per heavy atom. The van der Waals surface area contributed by atoms with Crippen molar-refractivity contribution >= 4 is 11.9 Å². The second-order valence-electron chi connectivity index (χ2n) is 8.12. The van der Waals surface area contributed by atoms with Crippen molar-refractivity contribution in [3.63, 3.8) is 0 Å². The van der Waals surface area contributed by atoms with Crippen LogP contribution >= 0.6 is 0 Å². The molecule has 15 heteroatoms. The average Bonchev–Trinajstić information content (AvgIpc) is 3.52. The van der Waals surface area contributed by atoms with Gasteiger partial charge < -0.3 is 24.1 Å². The molecule has 0 unspecified atom stereocenters. The molecule has 37 heavy (non-hydrogen) atoms. The van der Waals surface area contributed by atoms with Crippen LogP contribution in [0.5, 0.6) is 5.75 Å². The number of hydrogen-bond acceptors (Lipinski definition) is 7. The zero-order valence-corrected chi connectivity index (χ0v) is 19.3. The van der Waals surface area contributed by atoms with Crippen LogP contribution in [-0.2, 0) is 20.9 Å². The van der Waals surface area contributed by atoms with Crippen molar-refractivity contribution in [2.24, 2.45) is 11.8 Å². The first kappa shape index (κ1) is 29.9. The molecule has 3 atom stereocenters. The fourth-order valence-electron chi connectivity index (χ4n) is 3.55. The normalized spacial score (nSPS) is 21.2. The minimum absolute atomic E-state index is 0.328. The van der Waals surface area contributed by atoms with Crippen LogP contribution < -0.4 is 4.74 Å². The first-order valence-corrected chi connectivity index (χ1v) is 10.7. The highest BCUT2D eigenvalue weighted by Crippen LogP contribution is 2.34. The number of likely N-dealkylation sites (tertiary alicyclic amines) is 1. The van der Waals surface area contributed by atoms with Gasteiger partial charge in [-0.25, -0.2) is 9.59 Å². The summed E-state index contributed by atoms with van der Waals surface area (Å²) in [7, 11) is 0. The van der Waals surface area contributed by atoms with Gasteiger partial charge in [0.2, 0.25) is 0 Å². The van der Waals surface area contributed by atoms with Crippen molar-refractivity contribution in [1.29, 1.82) is 0 Å². The van der Waals surface area contributed by atoms with Crippen molar-refractivity contribution in [2.75, 3.05) is 26.3 Å². The van der Waals surface area contributed by atoms with E-state index in [1.807, 2.05) is 31.2 Å². The van der Waals surface area contributed by atoms with E-state index in [1.54, 1.807) is 12.5 Å². The van der Waals surface area contributed by atoms with E-state index in [2.05, 4.69) is 9.88 Å². The monoisotopic (exact) mass is 542 g/mol. The Labute approximate surface area is 206 Å². The molecule has 2 aliphatic rings. The number of nitrogens with zero attached hydrogens (tertiary/aromatic N) is 2. The Bertz CT molecular complexity index is 972. The number of halogens is 6. The number of fused-ring (bicyclic) bond motifs is 1. The summed E-state index contributed by atoms with van der Waals surface area (Å²) in [4.78, 5) is 24.5. The van der Waals surface area contributed by atoms with Gasteiger partial charge in [-0.3, -0.25) is 9.88 Å². The zero-order chi connectivity index (χ0) is 27.8. The van der Waals surface area contributed by atoms with Gasteiger partial charge in [-0.2, -0.15) is 26.3 Å². The minimum Gasteiger partial charge on any atom is -0.492 e. The zero-order valence-electron chi connectivity index (χ0n) is 19.3. The first-order valence-electron chi connectivity index (χ1n) is 10.7. The molecule has 2 aliphatic heterocycles. The van der Waals surface area contributed by atoms with Gasteiger partial charge >= 0.3 is 24.3 Å². The minimum atomic E-state index is -5.08. The number of carboxylic acids is 2.